The number of fused-ring (bicyclic) bond motifs is 1. The van der Waals surface area contributed by atoms with Gasteiger partial charge in [-0.1, -0.05) is 17.8 Å². The number of methoxy groups -OCH3 is 2. The Morgan fingerprint density at radius 3 is 2.72 bits per heavy atom. The monoisotopic (exact) mass is 416 g/mol. The number of carbonyl (C=O) groups is 2. The van der Waals surface area contributed by atoms with Gasteiger partial charge in [0.2, 0.25) is 5.91 Å². The van der Waals surface area contributed by atoms with Gasteiger partial charge < -0.3 is 25.0 Å². The van der Waals surface area contributed by atoms with Crippen LogP contribution in [0, 0.1) is 5.92 Å². The molecular weight excluding hydrogens is 392 g/mol. The van der Waals surface area contributed by atoms with E-state index in [1.165, 1.54) is 11.3 Å². The summed E-state index contributed by atoms with van der Waals surface area (Å²) in [7, 11) is 3.13. The first-order valence-electron chi connectivity index (χ1n) is 9.64. The molecule has 154 valence electrons. The Balaban J connectivity index is 1.40. The van der Waals surface area contributed by atoms with Crippen LogP contribution >= 0.6 is 11.3 Å². The van der Waals surface area contributed by atoms with E-state index in [9.17, 15) is 9.59 Å². The number of anilines is 2. The zero-order valence-electron chi connectivity index (χ0n) is 16.5. The molecule has 0 bridgehead atoms. The number of amides is 3. The molecule has 1 aromatic heterocycles. The molecule has 4 rings (SSSR count). The van der Waals surface area contributed by atoms with Crippen LogP contribution in [0.2, 0.25) is 0 Å². The summed E-state index contributed by atoms with van der Waals surface area (Å²) in [5.74, 6) is 1.37. The summed E-state index contributed by atoms with van der Waals surface area (Å²) in [5, 5.41) is 6.47. The molecule has 2 aliphatic rings. The molecule has 29 heavy (non-hydrogen) atoms. The molecule has 0 saturated heterocycles. The van der Waals surface area contributed by atoms with E-state index in [1.54, 1.807) is 37.3 Å². The quantitative estimate of drug-likeness (QED) is 0.778. The second kappa shape index (κ2) is 8.28. The van der Waals surface area contributed by atoms with Crippen molar-refractivity contribution in [2.45, 2.75) is 32.2 Å². The molecule has 9 heteroatoms. The van der Waals surface area contributed by atoms with Gasteiger partial charge in [-0.2, -0.15) is 0 Å². The van der Waals surface area contributed by atoms with E-state index in [2.05, 4.69) is 15.6 Å². The molecule has 0 unspecified atom stereocenters. The van der Waals surface area contributed by atoms with Crippen LogP contribution in [0.15, 0.2) is 18.2 Å². The molecular formula is C20H24N4O4S. The summed E-state index contributed by atoms with van der Waals surface area (Å²) in [6.45, 7) is 1.04. The zero-order chi connectivity index (χ0) is 20.4. The molecule has 2 N–H and O–H groups in total. The van der Waals surface area contributed by atoms with Crippen LogP contribution in [0.3, 0.4) is 0 Å². The standard InChI is InChI=1S/C20H24N4O4S/c1-27-13-6-7-14(16(10-13)28-2)22-20(26)24-9-8-15-17(11-24)29-19(21-15)23-18(25)12-4-3-5-12/h6-7,10,12H,3-5,8-9,11H2,1-2H3,(H,22,26)(H,21,23,25). The van der Waals surface area contributed by atoms with Crippen LogP contribution < -0.4 is 20.1 Å². The molecule has 1 aliphatic heterocycles. The molecule has 0 atom stereocenters. The van der Waals surface area contributed by atoms with Gasteiger partial charge in [-0.15, -0.1) is 0 Å². The average Bonchev–Trinajstić information content (AvgIpc) is 3.07. The normalized spacial score (nSPS) is 15.9. The van der Waals surface area contributed by atoms with Gasteiger partial charge in [0.05, 0.1) is 32.1 Å². The van der Waals surface area contributed by atoms with Crippen LogP contribution in [-0.4, -0.2) is 42.6 Å². The largest absolute Gasteiger partial charge is 0.497 e. The van der Waals surface area contributed by atoms with Crippen LogP contribution in [0.5, 0.6) is 11.5 Å². The van der Waals surface area contributed by atoms with Gasteiger partial charge in [-0.25, -0.2) is 9.78 Å². The Bertz CT molecular complexity index is 925. The fourth-order valence-corrected chi connectivity index (χ4v) is 4.42. The molecule has 1 aromatic carbocycles. The van der Waals surface area contributed by atoms with Gasteiger partial charge in [0.25, 0.3) is 0 Å². The third kappa shape index (κ3) is 4.14. The number of aromatic nitrogens is 1. The maximum Gasteiger partial charge on any atom is 0.322 e. The molecule has 8 nitrogen and oxygen atoms in total. The second-order valence-electron chi connectivity index (χ2n) is 7.17. The van der Waals surface area contributed by atoms with Crippen molar-refractivity contribution in [3.05, 3.63) is 28.8 Å². The fourth-order valence-electron chi connectivity index (χ4n) is 3.40. The first-order valence-corrected chi connectivity index (χ1v) is 10.5. The Labute approximate surface area is 173 Å². The molecule has 2 aromatic rings. The molecule has 0 spiro atoms. The minimum atomic E-state index is -0.201. The number of benzene rings is 1. The predicted molar refractivity (Wildman–Crippen MR) is 111 cm³/mol. The van der Waals surface area contributed by atoms with Gasteiger partial charge in [0.1, 0.15) is 11.5 Å². The third-order valence-electron chi connectivity index (χ3n) is 5.37. The van der Waals surface area contributed by atoms with E-state index < -0.39 is 0 Å². The summed E-state index contributed by atoms with van der Waals surface area (Å²) in [6.07, 6.45) is 3.70. The lowest BCUT2D eigenvalue weighted by Crippen LogP contribution is -2.38. The molecule has 1 aliphatic carbocycles. The van der Waals surface area contributed by atoms with Crippen molar-refractivity contribution in [3.8, 4) is 11.5 Å². The van der Waals surface area contributed by atoms with Gasteiger partial charge in [-0.05, 0) is 25.0 Å². The number of hydrogen-bond acceptors (Lipinski definition) is 6. The van der Waals surface area contributed by atoms with Crippen LogP contribution in [0.1, 0.15) is 29.8 Å². The lowest BCUT2D eigenvalue weighted by molar-refractivity contribution is -0.122. The number of carbonyl (C=O) groups excluding carboxylic acids is 2. The number of nitrogens with one attached hydrogen (secondary N) is 2. The molecule has 3 amide bonds. The van der Waals surface area contributed by atoms with Crippen molar-refractivity contribution in [1.82, 2.24) is 9.88 Å². The Morgan fingerprint density at radius 2 is 2.03 bits per heavy atom. The van der Waals surface area contributed by atoms with Crippen molar-refractivity contribution in [2.24, 2.45) is 5.92 Å². The van der Waals surface area contributed by atoms with Gasteiger partial charge in [-0.3, -0.25) is 4.79 Å². The lowest BCUT2D eigenvalue weighted by atomic mass is 9.85. The highest BCUT2D eigenvalue weighted by atomic mass is 32.1. The lowest BCUT2D eigenvalue weighted by Gasteiger charge is -2.26. The van der Waals surface area contributed by atoms with Crippen LogP contribution in [0.25, 0.3) is 0 Å². The molecule has 1 saturated carbocycles. The van der Waals surface area contributed by atoms with Crippen molar-refractivity contribution >= 4 is 34.1 Å². The van der Waals surface area contributed by atoms with E-state index in [1.807, 2.05) is 0 Å². The highest BCUT2D eigenvalue weighted by molar-refractivity contribution is 7.15. The summed E-state index contributed by atoms with van der Waals surface area (Å²) in [4.78, 5) is 32.2. The van der Waals surface area contributed by atoms with E-state index in [0.29, 0.717) is 41.8 Å². The zero-order valence-corrected chi connectivity index (χ0v) is 17.3. The summed E-state index contributed by atoms with van der Waals surface area (Å²) in [5.41, 5.74) is 1.55. The number of ether oxygens (including phenoxy) is 2. The minimum absolute atomic E-state index is 0.0588. The predicted octanol–water partition coefficient (Wildman–Crippen LogP) is 3.49. The van der Waals surface area contributed by atoms with Crippen LogP contribution in [0.4, 0.5) is 15.6 Å². The maximum absolute atomic E-state index is 12.8. The molecule has 0 radical (unpaired) electrons. The number of thiazole rings is 1. The van der Waals surface area contributed by atoms with E-state index in [-0.39, 0.29) is 17.9 Å². The van der Waals surface area contributed by atoms with E-state index in [0.717, 1.165) is 29.8 Å². The van der Waals surface area contributed by atoms with Crippen molar-refractivity contribution in [1.29, 1.82) is 0 Å². The Hall–Kier alpha value is -2.81. The first-order chi connectivity index (χ1) is 14.1. The fraction of sp³-hybridized carbons (Fsp3) is 0.450. The number of nitrogens with zero attached hydrogens (tertiary/aromatic N) is 2. The average molecular weight is 417 g/mol. The highest BCUT2D eigenvalue weighted by Gasteiger charge is 2.28. The minimum Gasteiger partial charge on any atom is -0.497 e. The summed E-state index contributed by atoms with van der Waals surface area (Å²) >= 11 is 1.45. The van der Waals surface area contributed by atoms with Crippen molar-refractivity contribution in [3.63, 3.8) is 0 Å². The van der Waals surface area contributed by atoms with Gasteiger partial charge in [0, 0.05) is 29.8 Å². The third-order valence-corrected chi connectivity index (χ3v) is 6.37. The van der Waals surface area contributed by atoms with Gasteiger partial charge in [0.15, 0.2) is 5.13 Å². The summed E-state index contributed by atoms with van der Waals surface area (Å²) in [6, 6.07) is 5.05. The molecule has 2 heterocycles. The van der Waals surface area contributed by atoms with Gasteiger partial charge >= 0.3 is 6.03 Å². The number of hydrogen-bond donors (Lipinski definition) is 2. The highest BCUT2D eigenvalue weighted by Crippen LogP contribution is 2.33. The van der Waals surface area contributed by atoms with Crippen molar-refractivity contribution < 1.29 is 19.1 Å². The molecule has 1 fully saturated rings. The van der Waals surface area contributed by atoms with E-state index in [4.69, 9.17) is 9.47 Å². The van der Waals surface area contributed by atoms with Crippen LogP contribution in [-0.2, 0) is 17.8 Å². The van der Waals surface area contributed by atoms with Crippen molar-refractivity contribution in [2.75, 3.05) is 31.4 Å². The first kappa shape index (κ1) is 19.5. The summed E-state index contributed by atoms with van der Waals surface area (Å²) < 4.78 is 10.5. The SMILES string of the molecule is COc1ccc(NC(=O)N2CCc3nc(NC(=O)C4CCC4)sc3C2)c(OC)c1. The second-order valence-corrected chi connectivity index (χ2v) is 8.26. The maximum atomic E-state index is 12.8. The topological polar surface area (TPSA) is 92.8 Å². The number of urea groups is 1. The Morgan fingerprint density at radius 1 is 1.21 bits per heavy atom. The number of rotatable bonds is 5. The van der Waals surface area contributed by atoms with E-state index >= 15 is 0 Å². The Kier molecular flexibility index (Phi) is 5.57. The smallest absolute Gasteiger partial charge is 0.322 e.